The van der Waals surface area contributed by atoms with Crippen LogP contribution in [-0.4, -0.2) is 50.9 Å². The van der Waals surface area contributed by atoms with Crippen LogP contribution >= 0.6 is 11.6 Å². The third-order valence-corrected chi connectivity index (χ3v) is 8.03. The zero-order chi connectivity index (χ0) is 29.4. The molecule has 3 amide bonds. The number of nitriles is 1. The third-order valence-electron chi connectivity index (χ3n) is 7.72. The molecule has 1 aliphatic heterocycles. The van der Waals surface area contributed by atoms with E-state index < -0.39 is 29.3 Å². The fraction of sp³-hybridized carbons (Fsp3) is 0.379. The van der Waals surface area contributed by atoms with Gasteiger partial charge in [-0.1, -0.05) is 11.6 Å². The predicted octanol–water partition coefficient (Wildman–Crippen LogP) is 2.33. The van der Waals surface area contributed by atoms with Crippen LogP contribution in [0.1, 0.15) is 42.6 Å². The number of rotatable bonds is 7. The summed E-state index contributed by atoms with van der Waals surface area (Å²) in [4.78, 5) is 66.3. The lowest BCUT2D eigenvalue weighted by molar-refractivity contribution is -0.128. The highest BCUT2D eigenvalue weighted by Crippen LogP contribution is 2.30. The summed E-state index contributed by atoms with van der Waals surface area (Å²) in [6.45, 7) is 4.22. The maximum absolute atomic E-state index is 13.5. The summed E-state index contributed by atoms with van der Waals surface area (Å²) >= 11 is 6.08. The molecule has 2 fully saturated rings. The molecule has 0 spiro atoms. The maximum Gasteiger partial charge on any atom is 0.331 e. The standard InChI is InChI=1S/C29H29ClN6O5/c1-3-35-25-9-8-20(11-21(25)28(40)36(29(35)41)13-17-4-5-17)32-27(39)22-14-34(16(2)37)15-24(22)33-26(38)18-6-7-19(12-31)23(30)10-18/h6-11,17,22,24H,3-5,13-15H2,1-2H3,(H,32,39)(H,33,38)/t22-,24+/m0/s1. The van der Waals surface area contributed by atoms with E-state index in [2.05, 4.69) is 10.6 Å². The van der Waals surface area contributed by atoms with Crippen LogP contribution in [0.5, 0.6) is 0 Å². The Morgan fingerprint density at radius 2 is 1.83 bits per heavy atom. The number of aryl methyl sites for hydroxylation is 1. The van der Waals surface area contributed by atoms with Gasteiger partial charge in [0.15, 0.2) is 0 Å². The van der Waals surface area contributed by atoms with E-state index in [1.807, 2.05) is 13.0 Å². The van der Waals surface area contributed by atoms with Gasteiger partial charge in [-0.15, -0.1) is 0 Å². The largest absolute Gasteiger partial charge is 0.347 e. The number of halogens is 1. The van der Waals surface area contributed by atoms with Crippen LogP contribution in [0.15, 0.2) is 46.0 Å². The minimum atomic E-state index is -0.775. The number of hydrogen-bond donors (Lipinski definition) is 2. The fourth-order valence-electron chi connectivity index (χ4n) is 5.23. The molecule has 0 bridgehead atoms. The smallest absolute Gasteiger partial charge is 0.331 e. The number of amides is 3. The summed E-state index contributed by atoms with van der Waals surface area (Å²) in [5.74, 6) is -1.61. The van der Waals surface area contributed by atoms with E-state index in [0.29, 0.717) is 35.6 Å². The number of fused-ring (bicyclic) bond motifs is 1. The van der Waals surface area contributed by atoms with E-state index in [-0.39, 0.29) is 40.8 Å². The van der Waals surface area contributed by atoms with E-state index in [1.165, 1.54) is 34.6 Å². The van der Waals surface area contributed by atoms with Crippen LogP contribution in [0.2, 0.25) is 5.02 Å². The number of hydrogen-bond acceptors (Lipinski definition) is 6. The monoisotopic (exact) mass is 576 g/mol. The van der Waals surface area contributed by atoms with Gasteiger partial charge in [0.05, 0.1) is 33.4 Å². The van der Waals surface area contributed by atoms with Crippen LogP contribution in [0.4, 0.5) is 5.69 Å². The van der Waals surface area contributed by atoms with Crippen LogP contribution in [0.3, 0.4) is 0 Å². The molecule has 2 aromatic carbocycles. The minimum Gasteiger partial charge on any atom is -0.347 e. The van der Waals surface area contributed by atoms with E-state index in [1.54, 1.807) is 22.8 Å². The Morgan fingerprint density at radius 3 is 2.46 bits per heavy atom. The number of aromatic nitrogens is 2. The molecule has 212 valence electrons. The number of nitrogens with zero attached hydrogens (tertiary/aromatic N) is 4. The van der Waals surface area contributed by atoms with Gasteiger partial charge in [0, 0.05) is 44.4 Å². The van der Waals surface area contributed by atoms with Crippen molar-refractivity contribution in [3.05, 3.63) is 73.4 Å². The molecule has 1 saturated carbocycles. The van der Waals surface area contributed by atoms with E-state index in [4.69, 9.17) is 16.9 Å². The second-order valence-corrected chi connectivity index (χ2v) is 10.9. The van der Waals surface area contributed by atoms with Gasteiger partial charge in [-0.3, -0.25) is 28.3 Å². The number of anilines is 1. The van der Waals surface area contributed by atoms with Gasteiger partial charge in [0.2, 0.25) is 11.8 Å². The topological polar surface area (TPSA) is 146 Å². The number of nitrogens with one attached hydrogen (secondary N) is 2. The van der Waals surface area contributed by atoms with Crippen LogP contribution in [0, 0.1) is 23.2 Å². The molecule has 1 aliphatic carbocycles. The molecule has 0 unspecified atom stereocenters. The molecule has 0 radical (unpaired) electrons. The molecule has 2 atom stereocenters. The molecule has 2 aliphatic rings. The fourth-order valence-corrected chi connectivity index (χ4v) is 5.46. The predicted molar refractivity (Wildman–Crippen MR) is 153 cm³/mol. The summed E-state index contributed by atoms with van der Waals surface area (Å²) in [6.07, 6.45) is 1.97. The lowest BCUT2D eigenvalue weighted by atomic mass is 10.0. The molecular formula is C29H29ClN6O5. The first kappa shape index (κ1) is 28.1. The highest BCUT2D eigenvalue weighted by molar-refractivity contribution is 6.32. The lowest BCUT2D eigenvalue weighted by Crippen LogP contribution is -2.44. The Hall–Kier alpha value is -4.43. The number of likely N-dealkylation sites (tertiary alicyclic amines) is 1. The Kier molecular flexibility index (Phi) is 7.69. The van der Waals surface area contributed by atoms with Crippen molar-refractivity contribution in [1.29, 1.82) is 5.26 Å². The Bertz CT molecular complexity index is 1730. The number of carbonyl (C=O) groups is 3. The van der Waals surface area contributed by atoms with Crippen molar-refractivity contribution in [3.63, 3.8) is 0 Å². The van der Waals surface area contributed by atoms with Crippen molar-refractivity contribution >= 4 is 45.9 Å². The normalized spacial score (nSPS) is 18.2. The molecule has 2 heterocycles. The van der Waals surface area contributed by atoms with E-state index in [9.17, 15) is 24.0 Å². The summed E-state index contributed by atoms with van der Waals surface area (Å²) in [5.41, 5.74) is 0.563. The summed E-state index contributed by atoms with van der Waals surface area (Å²) < 4.78 is 2.82. The van der Waals surface area contributed by atoms with Gasteiger partial charge in [-0.2, -0.15) is 5.26 Å². The molecule has 41 heavy (non-hydrogen) atoms. The molecular weight excluding hydrogens is 548 g/mol. The van der Waals surface area contributed by atoms with Crippen molar-refractivity contribution in [3.8, 4) is 6.07 Å². The van der Waals surface area contributed by atoms with Crippen molar-refractivity contribution in [1.82, 2.24) is 19.4 Å². The zero-order valence-electron chi connectivity index (χ0n) is 22.6. The van der Waals surface area contributed by atoms with Crippen molar-refractivity contribution in [2.75, 3.05) is 18.4 Å². The van der Waals surface area contributed by atoms with Crippen molar-refractivity contribution < 1.29 is 14.4 Å². The van der Waals surface area contributed by atoms with Crippen molar-refractivity contribution in [2.24, 2.45) is 11.8 Å². The summed E-state index contributed by atoms with van der Waals surface area (Å²) in [6, 6.07) is 10.4. The Morgan fingerprint density at radius 1 is 1.07 bits per heavy atom. The lowest BCUT2D eigenvalue weighted by Gasteiger charge is -2.20. The van der Waals surface area contributed by atoms with Gasteiger partial charge in [0.1, 0.15) is 6.07 Å². The summed E-state index contributed by atoms with van der Waals surface area (Å²) in [7, 11) is 0. The third kappa shape index (κ3) is 5.60. The molecule has 1 saturated heterocycles. The molecule has 11 nitrogen and oxygen atoms in total. The SMILES string of the molecule is CCn1c(=O)n(CC2CC2)c(=O)c2cc(NC(=O)[C@H]3CN(C(C)=O)C[C@H]3NC(=O)c3ccc(C#N)c(Cl)c3)ccc21. The molecule has 12 heteroatoms. The van der Waals surface area contributed by atoms with Crippen molar-refractivity contribution in [2.45, 2.75) is 45.8 Å². The number of benzene rings is 2. The zero-order valence-corrected chi connectivity index (χ0v) is 23.4. The average Bonchev–Trinajstić information content (AvgIpc) is 3.67. The molecule has 1 aromatic heterocycles. The van der Waals surface area contributed by atoms with Gasteiger partial charge in [0.25, 0.3) is 11.5 Å². The number of carbonyl (C=O) groups excluding carboxylic acids is 3. The van der Waals surface area contributed by atoms with E-state index in [0.717, 1.165) is 12.8 Å². The van der Waals surface area contributed by atoms with Gasteiger partial charge < -0.3 is 15.5 Å². The van der Waals surface area contributed by atoms with Crippen LogP contribution in [0.25, 0.3) is 10.9 Å². The second kappa shape index (κ2) is 11.2. The first-order valence-electron chi connectivity index (χ1n) is 13.5. The minimum absolute atomic E-state index is 0.0946. The van der Waals surface area contributed by atoms with Crippen LogP contribution < -0.4 is 21.9 Å². The molecule has 3 aromatic rings. The first-order valence-corrected chi connectivity index (χ1v) is 13.8. The van der Waals surface area contributed by atoms with E-state index >= 15 is 0 Å². The molecule has 5 rings (SSSR count). The Labute approximate surface area is 240 Å². The van der Waals surface area contributed by atoms with Crippen LogP contribution in [-0.2, 0) is 22.7 Å². The van der Waals surface area contributed by atoms with Gasteiger partial charge in [-0.05, 0) is 62.1 Å². The average molecular weight is 577 g/mol. The summed E-state index contributed by atoms with van der Waals surface area (Å²) in [5, 5.41) is 15.2. The Balaban J connectivity index is 1.40. The first-order chi connectivity index (χ1) is 19.6. The second-order valence-electron chi connectivity index (χ2n) is 10.5. The highest BCUT2D eigenvalue weighted by atomic mass is 35.5. The maximum atomic E-state index is 13.5. The molecule has 2 N–H and O–H groups in total. The van der Waals surface area contributed by atoms with Gasteiger partial charge >= 0.3 is 5.69 Å². The van der Waals surface area contributed by atoms with Gasteiger partial charge in [-0.25, -0.2) is 4.79 Å². The quantitative estimate of drug-likeness (QED) is 0.441. The highest BCUT2D eigenvalue weighted by Gasteiger charge is 2.40.